The van der Waals surface area contributed by atoms with Crippen molar-refractivity contribution in [2.24, 2.45) is 5.73 Å². The maximum absolute atomic E-state index is 13.3. The molecule has 0 radical (unpaired) electrons. The lowest BCUT2D eigenvalue weighted by Gasteiger charge is -2.15. The molecular formula is C10H13ClF3NO. The van der Waals surface area contributed by atoms with Gasteiger partial charge in [0.05, 0.1) is 7.11 Å². The normalized spacial score (nSPS) is 12.1. The molecule has 0 saturated heterocycles. The van der Waals surface area contributed by atoms with Gasteiger partial charge >= 0.3 is 0 Å². The van der Waals surface area contributed by atoms with Crippen LogP contribution in [0.3, 0.4) is 0 Å². The molecule has 0 heterocycles. The summed E-state index contributed by atoms with van der Waals surface area (Å²) >= 11 is 0. The van der Waals surface area contributed by atoms with E-state index in [4.69, 9.17) is 10.5 Å². The Kier molecular flexibility index (Phi) is 6.21. The van der Waals surface area contributed by atoms with Gasteiger partial charge in [0.2, 0.25) is 6.43 Å². The molecule has 0 aromatic heterocycles. The van der Waals surface area contributed by atoms with Crippen molar-refractivity contribution in [3.63, 3.8) is 0 Å². The quantitative estimate of drug-likeness (QED) is 0.898. The van der Waals surface area contributed by atoms with E-state index in [0.29, 0.717) is 0 Å². The number of hydrogen-bond acceptors (Lipinski definition) is 2. The van der Waals surface area contributed by atoms with Crippen molar-refractivity contribution in [2.45, 2.75) is 18.9 Å². The van der Waals surface area contributed by atoms with Gasteiger partial charge in [0.25, 0.3) is 0 Å². The van der Waals surface area contributed by atoms with Crippen LogP contribution in [-0.4, -0.2) is 13.5 Å². The fourth-order valence-electron chi connectivity index (χ4n) is 1.36. The van der Waals surface area contributed by atoms with Gasteiger partial charge in [-0.25, -0.2) is 13.2 Å². The first kappa shape index (κ1) is 15.1. The summed E-state index contributed by atoms with van der Waals surface area (Å²) in [7, 11) is 1.34. The SMILES string of the molecule is COc1cccc(F)c1[C@H](N)CC(F)F.Cl. The van der Waals surface area contributed by atoms with Gasteiger partial charge in [-0.1, -0.05) is 6.07 Å². The summed E-state index contributed by atoms with van der Waals surface area (Å²) in [5.74, 6) is -0.425. The first-order valence-corrected chi connectivity index (χ1v) is 4.42. The number of hydrogen-bond donors (Lipinski definition) is 1. The Morgan fingerprint density at radius 3 is 2.50 bits per heavy atom. The Morgan fingerprint density at radius 2 is 2.00 bits per heavy atom. The molecule has 0 aliphatic heterocycles. The molecule has 2 nitrogen and oxygen atoms in total. The van der Waals surface area contributed by atoms with Crippen LogP contribution < -0.4 is 10.5 Å². The van der Waals surface area contributed by atoms with Gasteiger partial charge in [-0.15, -0.1) is 12.4 Å². The van der Waals surface area contributed by atoms with Gasteiger partial charge in [-0.05, 0) is 12.1 Å². The zero-order chi connectivity index (χ0) is 11.4. The van der Waals surface area contributed by atoms with Gasteiger partial charge in [0.15, 0.2) is 0 Å². The smallest absolute Gasteiger partial charge is 0.240 e. The lowest BCUT2D eigenvalue weighted by Crippen LogP contribution is -2.16. The third kappa shape index (κ3) is 3.57. The van der Waals surface area contributed by atoms with E-state index in [2.05, 4.69) is 0 Å². The van der Waals surface area contributed by atoms with Crippen LogP contribution in [0.5, 0.6) is 5.75 Å². The fraction of sp³-hybridized carbons (Fsp3) is 0.400. The number of benzene rings is 1. The summed E-state index contributed by atoms with van der Waals surface area (Å²) < 4.78 is 42.4. The second-order valence-electron chi connectivity index (χ2n) is 3.09. The van der Waals surface area contributed by atoms with E-state index in [1.54, 1.807) is 0 Å². The summed E-state index contributed by atoms with van der Waals surface area (Å²) in [6.45, 7) is 0. The van der Waals surface area contributed by atoms with Crippen LogP contribution in [-0.2, 0) is 0 Å². The molecule has 0 fully saturated rings. The van der Waals surface area contributed by atoms with Crippen LogP contribution in [0.2, 0.25) is 0 Å². The second kappa shape index (κ2) is 6.60. The van der Waals surface area contributed by atoms with Crippen molar-refractivity contribution >= 4 is 12.4 Å². The summed E-state index contributed by atoms with van der Waals surface area (Å²) in [5.41, 5.74) is 5.47. The zero-order valence-electron chi connectivity index (χ0n) is 8.62. The second-order valence-corrected chi connectivity index (χ2v) is 3.09. The van der Waals surface area contributed by atoms with Crippen molar-refractivity contribution in [2.75, 3.05) is 7.11 Å². The fourth-order valence-corrected chi connectivity index (χ4v) is 1.36. The molecule has 0 aliphatic carbocycles. The van der Waals surface area contributed by atoms with Crippen molar-refractivity contribution in [1.29, 1.82) is 0 Å². The van der Waals surface area contributed by atoms with Gasteiger partial charge < -0.3 is 10.5 Å². The van der Waals surface area contributed by atoms with E-state index in [-0.39, 0.29) is 23.7 Å². The molecule has 6 heteroatoms. The Bertz CT molecular complexity index is 336. The minimum atomic E-state index is -2.57. The van der Waals surface area contributed by atoms with Crippen molar-refractivity contribution in [3.8, 4) is 5.75 Å². The average molecular weight is 256 g/mol. The zero-order valence-corrected chi connectivity index (χ0v) is 9.44. The summed E-state index contributed by atoms with van der Waals surface area (Å²) in [5, 5.41) is 0. The predicted octanol–water partition coefficient (Wildman–Crippen LogP) is 2.91. The molecule has 0 unspecified atom stereocenters. The lowest BCUT2D eigenvalue weighted by molar-refractivity contribution is 0.127. The monoisotopic (exact) mass is 255 g/mol. The van der Waals surface area contributed by atoms with Crippen LogP contribution in [0.15, 0.2) is 18.2 Å². The Hall–Kier alpha value is -0.940. The van der Waals surface area contributed by atoms with E-state index in [1.165, 1.54) is 25.3 Å². The highest BCUT2D eigenvalue weighted by Crippen LogP contribution is 2.29. The molecule has 0 bridgehead atoms. The third-order valence-electron chi connectivity index (χ3n) is 2.04. The molecule has 0 saturated carbocycles. The van der Waals surface area contributed by atoms with Crippen molar-refractivity contribution < 1.29 is 17.9 Å². The van der Waals surface area contributed by atoms with Crippen molar-refractivity contribution in [3.05, 3.63) is 29.6 Å². The molecule has 1 rings (SSSR count). The van der Waals surface area contributed by atoms with Crippen molar-refractivity contribution in [1.82, 2.24) is 0 Å². The minimum absolute atomic E-state index is 0. The Morgan fingerprint density at radius 1 is 1.38 bits per heavy atom. The minimum Gasteiger partial charge on any atom is -0.496 e. The summed E-state index contributed by atoms with van der Waals surface area (Å²) in [4.78, 5) is 0. The summed E-state index contributed by atoms with van der Waals surface area (Å²) in [6.07, 6.45) is -3.15. The molecular weight excluding hydrogens is 243 g/mol. The molecule has 0 amide bonds. The maximum Gasteiger partial charge on any atom is 0.240 e. The van der Waals surface area contributed by atoms with E-state index in [9.17, 15) is 13.2 Å². The van der Waals surface area contributed by atoms with E-state index >= 15 is 0 Å². The van der Waals surface area contributed by atoms with Crippen LogP contribution in [0, 0.1) is 5.82 Å². The standard InChI is InChI=1S/C10H12F3NO.ClH/c1-15-8-4-2-3-6(11)10(8)7(14)5-9(12)13;/h2-4,7,9H,5,14H2,1H3;1H/t7-;/m1./s1. The van der Waals surface area contributed by atoms with Crippen LogP contribution in [0.1, 0.15) is 18.0 Å². The average Bonchev–Trinajstić information content (AvgIpc) is 2.15. The van der Waals surface area contributed by atoms with Crippen LogP contribution >= 0.6 is 12.4 Å². The van der Waals surface area contributed by atoms with Crippen LogP contribution in [0.4, 0.5) is 13.2 Å². The van der Waals surface area contributed by atoms with Crippen LogP contribution in [0.25, 0.3) is 0 Å². The van der Waals surface area contributed by atoms with Gasteiger partial charge in [0, 0.05) is 18.0 Å². The first-order valence-electron chi connectivity index (χ1n) is 4.42. The Balaban J connectivity index is 0.00000225. The maximum atomic E-state index is 13.3. The molecule has 0 spiro atoms. The van der Waals surface area contributed by atoms with E-state index in [0.717, 1.165) is 0 Å². The number of rotatable bonds is 4. The van der Waals surface area contributed by atoms with Gasteiger partial charge in [-0.3, -0.25) is 0 Å². The highest BCUT2D eigenvalue weighted by Gasteiger charge is 2.20. The predicted molar refractivity (Wildman–Crippen MR) is 57.7 cm³/mol. The topological polar surface area (TPSA) is 35.2 Å². The number of halogens is 4. The third-order valence-corrected chi connectivity index (χ3v) is 2.04. The van der Waals surface area contributed by atoms with E-state index in [1.807, 2.05) is 0 Å². The number of nitrogens with two attached hydrogens (primary N) is 1. The number of alkyl halides is 2. The summed E-state index contributed by atoms with van der Waals surface area (Å²) in [6, 6.07) is 3.04. The van der Waals surface area contributed by atoms with E-state index < -0.39 is 24.7 Å². The highest BCUT2D eigenvalue weighted by molar-refractivity contribution is 5.85. The number of ether oxygens (including phenoxy) is 1. The highest BCUT2D eigenvalue weighted by atomic mass is 35.5. The Labute approximate surface area is 98.0 Å². The molecule has 2 N–H and O–H groups in total. The van der Waals surface area contributed by atoms with Gasteiger partial charge in [-0.2, -0.15) is 0 Å². The molecule has 1 aromatic rings. The lowest BCUT2D eigenvalue weighted by atomic mass is 10.0. The largest absolute Gasteiger partial charge is 0.496 e. The first-order chi connectivity index (χ1) is 7.06. The number of methoxy groups -OCH3 is 1. The molecule has 1 aromatic carbocycles. The molecule has 0 aliphatic rings. The molecule has 1 atom stereocenters. The molecule has 16 heavy (non-hydrogen) atoms. The molecule has 92 valence electrons. The van der Waals surface area contributed by atoms with Gasteiger partial charge in [0.1, 0.15) is 11.6 Å².